The van der Waals surface area contributed by atoms with Crippen LogP contribution in [-0.2, 0) is 19.9 Å². The summed E-state index contributed by atoms with van der Waals surface area (Å²) >= 11 is 3.75. The minimum absolute atomic E-state index is 0.589. The van der Waals surface area contributed by atoms with Crippen molar-refractivity contribution in [2.45, 2.75) is 58.9 Å². The Bertz CT molecular complexity index is 439. The number of rotatable bonds is 6. The Labute approximate surface area is 131 Å². The fourth-order valence-corrected chi connectivity index (χ4v) is 4.11. The Balaban J connectivity index is 2.03. The smallest absolute Gasteiger partial charge is 0.0766 e. The second kappa shape index (κ2) is 7.08. The highest BCUT2D eigenvalue weighted by atomic mass is 79.9. The zero-order chi connectivity index (χ0) is 14.7. The van der Waals surface area contributed by atoms with Gasteiger partial charge < -0.3 is 5.32 Å². The van der Waals surface area contributed by atoms with Gasteiger partial charge in [0.1, 0.15) is 0 Å². The highest BCUT2D eigenvalue weighted by molar-refractivity contribution is 9.10. The van der Waals surface area contributed by atoms with Crippen molar-refractivity contribution in [2.24, 2.45) is 18.9 Å². The van der Waals surface area contributed by atoms with Crippen molar-refractivity contribution >= 4 is 15.9 Å². The summed E-state index contributed by atoms with van der Waals surface area (Å²) in [4.78, 5) is 0. The summed E-state index contributed by atoms with van der Waals surface area (Å²) in [6, 6.07) is 0.589. The van der Waals surface area contributed by atoms with Gasteiger partial charge in [0.05, 0.1) is 15.9 Å². The quantitative estimate of drug-likeness (QED) is 0.854. The molecule has 2 rings (SSSR count). The summed E-state index contributed by atoms with van der Waals surface area (Å²) in [6.07, 6.45) is 6.28. The molecule has 2 unspecified atom stereocenters. The Morgan fingerprint density at radius 3 is 2.65 bits per heavy atom. The van der Waals surface area contributed by atoms with Gasteiger partial charge in [-0.3, -0.25) is 4.68 Å². The number of hydrogen-bond acceptors (Lipinski definition) is 2. The van der Waals surface area contributed by atoms with Crippen molar-refractivity contribution in [3.63, 3.8) is 0 Å². The third-order valence-corrected chi connectivity index (χ3v) is 5.48. The minimum atomic E-state index is 0.589. The van der Waals surface area contributed by atoms with Crippen LogP contribution in [-0.4, -0.2) is 22.4 Å². The molecule has 114 valence electrons. The molecule has 2 atom stereocenters. The van der Waals surface area contributed by atoms with Gasteiger partial charge in [-0.25, -0.2) is 0 Å². The number of aromatic nitrogens is 2. The zero-order valence-corrected chi connectivity index (χ0v) is 14.8. The minimum Gasteiger partial charge on any atom is -0.314 e. The van der Waals surface area contributed by atoms with E-state index in [4.69, 9.17) is 0 Å². The van der Waals surface area contributed by atoms with E-state index in [1.165, 1.54) is 41.7 Å². The third kappa shape index (κ3) is 3.64. The van der Waals surface area contributed by atoms with E-state index in [0.29, 0.717) is 6.04 Å². The molecular formula is C16H28BrN3. The first-order valence-corrected chi connectivity index (χ1v) is 8.75. The number of nitrogens with one attached hydrogen (secondary N) is 1. The van der Waals surface area contributed by atoms with Crippen molar-refractivity contribution in [3.8, 4) is 0 Å². The van der Waals surface area contributed by atoms with E-state index in [9.17, 15) is 0 Å². The molecule has 0 radical (unpaired) electrons. The van der Waals surface area contributed by atoms with Gasteiger partial charge in [0.2, 0.25) is 0 Å². The van der Waals surface area contributed by atoms with Gasteiger partial charge in [0.15, 0.2) is 0 Å². The monoisotopic (exact) mass is 341 g/mol. The first-order chi connectivity index (χ1) is 9.52. The van der Waals surface area contributed by atoms with Crippen LogP contribution in [0.25, 0.3) is 0 Å². The van der Waals surface area contributed by atoms with Gasteiger partial charge in [-0.1, -0.05) is 27.2 Å². The molecule has 1 fully saturated rings. The van der Waals surface area contributed by atoms with Crippen molar-refractivity contribution in [1.82, 2.24) is 15.1 Å². The molecule has 1 N–H and O–H groups in total. The maximum absolute atomic E-state index is 4.62. The Morgan fingerprint density at radius 2 is 2.05 bits per heavy atom. The largest absolute Gasteiger partial charge is 0.314 e. The van der Waals surface area contributed by atoms with E-state index in [1.54, 1.807) is 0 Å². The van der Waals surface area contributed by atoms with Crippen LogP contribution in [0.5, 0.6) is 0 Å². The van der Waals surface area contributed by atoms with Crippen molar-refractivity contribution in [1.29, 1.82) is 0 Å². The first-order valence-electron chi connectivity index (χ1n) is 7.96. The molecule has 0 spiro atoms. The highest BCUT2D eigenvalue weighted by Crippen LogP contribution is 2.36. The fourth-order valence-electron chi connectivity index (χ4n) is 3.33. The van der Waals surface area contributed by atoms with Crippen LogP contribution in [0.15, 0.2) is 4.47 Å². The average molecular weight is 342 g/mol. The van der Waals surface area contributed by atoms with Gasteiger partial charge in [-0.15, -0.1) is 0 Å². The molecule has 4 heteroatoms. The van der Waals surface area contributed by atoms with Crippen molar-refractivity contribution in [3.05, 3.63) is 15.9 Å². The van der Waals surface area contributed by atoms with Gasteiger partial charge in [-0.2, -0.15) is 5.10 Å². The van der Waals surface area contributed by atoms with Crippen LogP contribution in [0.2, 0.25) is 0 Å². The second-order valence-corrected chi connectivity index (χ2v) is 7.20. The molecular weight excluding hydrogens is 314 g/mol. The summed E-state index contributed by atoms with van der Waals surface area (Å²) in [6.45, 7) is 7.80. The Hall–Kier alpha value is -0.350. The number of aryl methyl sites for hydroxylation is 2. The molecule has 0 aliphatic heterocycles. The van der Waals surface area contributed by atoms with Gasteiger partial charge in [0, 0.05) is 13.1 Å². The molecule has 1 saturated carbocycles. The molecule has 1 aromatic heterocycles. The van der Waals surface area contributed by atoms with E-state index in [-0.39, 0.29) is 0 Å². The van der Waals surface area contributed by atoms with E-state index < -0.39 is 0 Å². The van der Waals surface area contributed by atoms with Gasteiger partial charge in [0.25, 0.3) is 0 Å². The lowest BCUT2D eigenvalue weighted by Crippen LogP contribution is -2.31. The molecule has 0 aromatic carbocycles. The molecule has 1 aromatic rings. The van der Waals surface area contributed by atoms with E-state index >= 15 is 0 Å². The summed E-state index contributed by atoms with van der Waals surface area (Å²) in [5, 5.41) is 8.24. The maximum atomic E-state index is 4.62. The Kier molecular flexibility index (Phi) is 5.67. The summed E-state index contributed by atoms with van der Waals surface area (Å²) < 4.78 is 3.32. The second-order valence-electron chi connectivity index (χ2n) is 6.40. The first kappa shape index (κ1) is 16.0. The van der Waals surface area contributed by atoms with Crippen LogP contribution >= 0.6 is 15.9 Å². The topological polar surface area (TPSA) is 29.9 Å². The molecule has 1 aliphatic rings. The van der Waals surface area contributed by atoms with Crippen LogP contribution in [0.4, 0.5) is 0 Å². The predicted molar refractivity (Wildman–Crippen MR) is 88.0 cm³/mol. The SMILES string of the molecule is CCc1nn(C)c(CC2CCCC2CNC(C)C)c1Br. The lowest BCUT2D eigenvalue weighted by molar-refractivity contribution is 0.348. The Morgan fingerprint density at radius 1 is 1.35 bits per heavy atom. The molecule has 1 heterocycles. The lowest BCUT2D eigenvalue weighted by Gasteiger charge is -2.21. The van der Waals surface area contributed by atoms with Gasteiger partial charge in [-0.05, 0) is 60.0 Å². The summed E-state index contributed by atoms with van der Waals surface area (Å²) in [7, 11) is 2.08. The standard InChI is InChI=1S/C16H28BrN3/c1-5-14-16(17)15(20(4)19-14)9-12-7-6-8-13(12)10-18-11(2)3/h11-13,18H,5-10H2,1-4H3. The number of nitrogens with zero attached hydrogens (tertiary/aromatic N) is 2. The third-order valence-electron chi connectivity index (χ3n) is 4.56. The molecule has 1 aliphatic carbocycles. The van der Waals surface area contributed by atoms with E-state index in [0.717, 1.165) is 24.7 Å². The van der Waals surface area contributed by atoms with Crippen LogP contribution in [0.3, 0.4) is 0 Å². The zero-order valence-electron chi connectivity index (χ0n) is 13.2. The van der Waals surface area contributed by atoms with Crippen LogP contribution in [0, 0.1) is 11.8 Å². The maximum Gasteiger partial charge on any atom is 0.0766 e. The summed E-state index contributed by atoms with van der Waals surface area (Å²) in [5.74, 6) is 1.63. The van der Waals surface area contributed by atoms with E-state index in [1.807, 2.05) is 0 Å². The summed E-state index contributed by atoms with van der Waals surface area (Å²) in [5.41, 5.74) is 2.57. The number of hydrogen-bond donors (Lipinski definition) is 1. The lowest BCUT2D eigenvalue weighted by atomic mass is 9.91. The van der Waals surface area contributed by atoms with Crippen LogP contribution < -0.4 is 5.32 Å². The van der Waals surface area contributed by atoms with E-state index in [2.05, 4.69) is 58.8 Å². The van der Waals surface area contributed by atoms with Crippen molar-refractivity contribution < 1.29 is 0 Å². The highest BCUT2D eigenvalue weighted by Gasteiger charge is 2.29. The van der Waals surface area contributed by atoms with Crippen LogP contribution in [0.1, 0.15) is 51.4 Å². The normalized spacial score (nSPS) is 22.9. The van der Waals surface area contributed by atoms with Gasteiger partial charge >= 0.3 is 0 Å². The number of halogens is 1. The molecule has 0 saturated heterocycles. The fraction of sp³-hybridized carbons (Fsp3) is 0.812. The average Bonchev–Trinajstić information content (AvgIpc) is 2.95. The molecule has 0 bridgehead atoms. The molecule has 3 nitrogen and oxygen atoms in total. The van der Waals surface area contributed by atoms with Crippen molar-refractivity contribution in [2.75, 3.05) is 6.54 Å². The predicted octanol–water partition coefficient (Wildman–Crippen LogP) is 3.70. The molecule has 0 amide bonds. The molecule has 20 heavy (non-hydrogen) atoms.